The largest absolute Gasteiger partial charge is 0.469 e. The fourth-order valence-corrected chi connectivity index (χ4v) is 2.97. The molecule has 1 N–H and O–H groups in total. The van der Waals surface area contributed by atoms with Gasteiger partial charge < -0.3 is 10.1 Å². The molecule has 1 heterocycles. The molecule has 5 nitrogen and oxygen atoms in total. The van der Waals surface area contributed by atoms with Crippen LogP contribution in [-0.2, 0) is 14.3 Å². The summed E-state index contributed by atoms with van der Waals surface area (Å²) in [7, 11) is 1.36. The van der Waals surface area contributed by atoms with Gasteiger partial charge in [0.25, 0.3) is 0 Å². The fraction of sp³-hybridized carbons (Fsp3) is 0.250. The maximum Gasteiger partial charge on any atom is 0.305 e. The van der Waals surface area contributed by atoms with E-state index < -0.39 is 0 Å². The van der Waals surface area contributed by atoms with E-state index in [2.05, 4.69) is 11.4 Å². The first kappa shape index (κ1) is 16.9. The van der Waals surface area contributed by atoms with Crippen LogP contribution in [0.25, 0.3) is 21.7 Å². The number of amides is 1. The smallest absolute Gasteiger partial charge is 0.305 e. The quantitative estimate of drug-likeness (QED) is 0.572. The van der Waals surface area contributed by atoms with Crippen molar-refractivity contribution in [2.75, 3.05) is 7.11 Å². The number of carbonyl (C=O) groups excluding carboxylic acids is 2. The summed E-state index contributed by atoms with van der Waals surface area (Å²) < 4.78 is 4.70. The molecule has 0 aliphatic rings. The third kappa shape index (κ3) is 3.76. The number of hydrogen-bond donors (Lipinski definition) is 1. The van der Waals surface area contributed by atoms with E-state index in [0.717, 1.165) is 27.4 Å². The molecule has 0 bridgehead atoms. The Labute approximate surface area is 146 Å². The Morgan fingerprint density at radius 2 is 1.80 bits per heavy atom. The second-order valence-corrected chi connectivity index (χ2v) is 5.96. The number of esters is 1. The van der Waals surface area contributed by atoms with Crippen molar-refractivity contribution >= 4 is 33.6 Å². The minimum Gasteiger partial charge on any atom is -0.469 e. The molecule has 3 aromatic rings. The Kier molecular flexibility index (Phi) is 4.93. The molecule has 1 atom stereocenters. The molecule has 2 aromatic carbocycles. The van der Waals surface area contributed by atoms with Crippen molar-refractivity contribution in [1.29, 1.82) is 0 Å². The number of aromatic nitrogens is 1. The fourth-order valence-electron chi connectivity index (χ4n) is 2.97. The lowest BCUT2D eigenvalue weighted by Crippen LogP contribution is -2.27. The van der Waals surface area contributed by atoms with Crippen LogP contribution in [0.15, 0.2) is 48.5 Å². The first-order valence-electron chi connectivity index (χ1n) is 8.21. The Bertz CT molecular complexity index is 937. The van der Waals surface area contributed by atoms with Gasteiger partial charge in [-0.15, -0.1) is 0 Å². The van der Waals surface area contributed by atoms with Gasteiger partial charge in [-0.05, 0) is 17.9 Å². The van der Waals surface area contributed by atoms with E-state index in [4.69, 9.17) is 9.72 Å². The maximum absolute atomic E-state index is 11.6. The predicted molar refractivity (Wildman–Crippen MR) is 97.1 cm³/mol. The Morgan fingerprint density at radius 3 is 2.56 bits per heavy atom. The van der Waals surface area contributed by atoms with Crippen molar-refractivity contribution in [3.05, 3.63) is 54.2 Å². The zero-order valence-electron chi connectivity index (χ0n) is 14.3. The average Bonchev–Trinajstić information content (AvgIpc) is 2.64. The molecule has 0 aliphatic carbocycles. The number of ether oxygens (including phenoxy) is 1. The highest BCUT2D eigenvalue weighted by atomic mass is 16.5. The average molecular weight is 336 g/mol. The summed E-state index contributed by atoms with van der Waals surface area (Å²) in [4.78, 5) is 27.8. The SMILES string of the molecule is COC(=O)CC[C@H](NC(C)=O)c1ccc2ccc3ccccc3c2n1. The van der Waals surface area contributed by atoms with Crippen molar-refractivity contribution in [1.82, 2.24) is 10.3 Å². The van der Waals surface area contributed by atoms with Crippen LogP contribution in [-0.4, -0.2) is 24.0 Å². The minimum absolute atomic E-state index is 0.158. The van der Waals surface area contributed by atoms with Crippen LogP contribution in [0.5, 0.6) is 0 Å². The van der Waals surface area contributed by atoms with Crippen molar-refractivity contribution in [2.45, 2.75) is 25.8 Å². The van der Waals surface area contributed by atoms with Crippen molar-refractivity contribution in [2.24, 2.45) is 0 Å². The van der Waals surface area contributed by atoms with Crippen LogP contribution in [0.4, 0.5) is 0 Å². The molecule has 0 aliphatic heterocycles. The molecule has 0 radical (unpaired) electrons. The topological polar surface area (TPSA) is 68.3 Å². The van der Waals surface area contributed by atoms with E-state index in [1.807, 2.05) is 42.5 Å². The molecule has 1 aromatic heterocycles. The van der Waals surface area contributed by atoms with Crippen LogP contribution in [0.2, 0.25) is 0 Å². The normalized spacial score (nSPS) is 12.1. The van der Waals surface area contributed by atoms with Crippen molar-refractivity contribution < 1.29 is 14.3 Å². The zero-order valence-corrected chi connectivity index (χ0v) is 14.3. The van der Waals surface area contributed by atoms with Gasteiger partial charge in [0.15, 0.2) is 0 Å². The molecule has 0 saturated heterocycles. The highest BCUT2D eigenvalue weighted by Gasteiger charge is 2.17. The van der Waals surface area contributed by atoms with Crippen LogP contribution in [0.3, 0.4) is 0 Å². The molecular formula is C20H20N2O3. The van der Waals surface area contributed by atoms with E-state index in [0.29, 0.717) is 6.42 Å². The molecule has 128 valence electrons. The molecule has 0 spiro atoms. The third-order valence-corrected chi connectivity index (χ3v) is 4.21. The third-order valence-electron chi connectivity index (χ3n) is 4.21. The molecule has 25 heavy (non-hydrogen) atoms. The minimum atomic E-state index is -0.333. The summed E-state index contributed by atoms with van der Waals surface area (Å²) in [5, 5.41) is 6.10. The highest BCUT2D eigenvalue weighted by Crippen LogP contribution is 2.26. The number of benzene rings is 2. The number of methoxy groups -OCH3 is 1. The van der Waals surface area contributed by atoms with E-state index >= 15 is 0 Å². The van der Waals surface area contributed by atoms with Crippen molar-refractivity contribution in [3.63, 3.8) is 0 Å². The molecule has 1 amide bonds. The lowest BCUT2D eigenvalue weighted by Gasteiger charge is -2.18. The summed E-state index contributed by atoms with van der Waals surface area (Å²) in [5.74, 6) is -0.462. The standard InChI is InChI=1S/C20H20N2O3/c1-13(23)21-17(11-12-19(24)25-2)18-10-9-15-8-7-14-5-3-4-6-16(14)20(15)22-18/h3-10,17H,11-12H2,1-2H3,(H,21,23)/t17-/m0/s1. The second-order valence-electron chi connectivity index (χ2n) is 5.96. The molecule has 0 unspecified atom stereocenters. The van der Waals surface area contributed by atoms with Gasteiger partial charge in [-0.2, -0.15) is 0 Å². The number of pyridine rings is 1. The highest BCUT2D eigenvalue weighted by molar-refractivity contribution is 6.05. The second kappa shape index (κ2) is 7.30. The van der Waals surface area contributed by atoms with Gasteiger partial charge in [-0.1, -0.05) is 42.5 Å². The molecular weight excluding hydrogens is 316 g/mol. The summed E-state index contributed by atoms with van der Waals surface area (Å²) in [6, 6.07) is 15.7. The van der Waals surface area contributed by atoms with E-state index in [9.17, 15) is 9.59 Å². The Balaban J connectivity index is 2.02. The lowest BCUT2D eigenvalue weighted by molar-refractivity contribution is -0.141. The van der Waals surface area contributed by atoms with Crippen molar-refractivity contribution in [3.8, 4) is 0 Å². The summed E-state index contributed by atoms with van der Waals surface area (Å²) in [6.07, 6.45) is 0.659. The number of rotatable bonds is 5. The monoisotopic (exact) mass is 336 g/mol. The van der Waals surface area contributed by atoms with Crippen LogP contribution < -0.4 is 5.32 Å². The van der Waals surface area contributed by atoms with Crippen LogP contribution in [0, 0.1) is 0 Å². The zero-order chi connectivity index (χ0) is 17.8. The maximum atomic E-state index is 11.6. The van der Waals surface area contributed by atoms with Gasteiger partial charge in [0.1, 0.15) is 0 Å². The first-order chi connectivity index (χ1) is 12.1. The number of carbonyl (C=O) groups is 2. The van der Waals surface area contributed by atoms with Gasteiger partial charge in [0, 0.05) is 24.1 Å². The molecule has 3 rings (SSSR count). The summed E-state index contributed by atoms with van der Waals surface area (Å²) >= 11 is 0. The van der Waals surface area contributed by atoms with E-state index in [1.165, 1.54) is 14.0 Å². The van der Waals surface area contributed by atoms with Gasteiger partial charge in [0.2, 0.25) is 5.91 Å². The number of nitrogens with one attached hydrogen (secondary N) is 1. The molecule has 0 fully saturated rings. The van der Waals surface area contributed by atoms with E-state index in [1.54, 1.807) is 0 Å². The van der Waals surface area contributed by atoms with Crippen LogP contribution in [0.1, 0.15) is 31.5 Å². The number of nitrogens with zero attached hydrogens (tertiary/aromatic N) is 1. The lowest BCUT2D eigenvalue weighted by atomic mass is 10.0. The first-order valence-corrected chi connectivity index (χ1v) is 8.21. The van der Waals surface area contributed by atoms with Gasteiger partial charge >= 0.3 is 5.97 Å². The van der Waals surface area contributed by atoms with Crippen LogP contribution >= 0.6 is 0 Å². The molecule has 0 saturated carbocycles. The Hall–Kier alpha value is -2.95. The van der Waals surface area contributed by atoms with E-state index in [-0.39, 0.29) is 24.3 Å². The summed E-state index contributed by atoms with van der Waals surface area (Å²) in [5.41, 5.74) is 1.63. The number of fused-ring (bicyclic) bond motifs is 3. The summed E-state index contributed by atoms with van der Waals surface area (Å²) in [6.45, 7) is 1.46. The van der Waals surface area contributed by atoms with Gasteiger partial charge in [0.05, 0.1) is 24.4 Å². The predicted octanol–water partition coefficient (Wildman–Crippen LogP) is 3.52. The number of hydrogen-bond acceptors (Lipinski definition) is 4. The van der Waals surface area contributed by atoms with Gasteiger partial charge in [-0.25, -0.2) is 4.98 Å². The Morgan fingerprint density at radius 1 is 1.08 bits per heavy atom. The molecule has 5 heteroatoms. The van der Waals surface area contributed by atoms with Gasteiger partial charge in [-0.3, -0.25) is 9.59 Å².